The smallest absolute Gasteiger partial charge is 0.352 e. The Morgan fingerprint density at radius 1 is 1.15 bits per heavy atom. The Labute approximate surface area is 245 Å². The van der Waals surface area contributed by atoms with E-state index < -0.39 is 23.5 Å². The maximum atomic E-state index is 13.8. The van der Waals surface area contributed by atoms with Gasteiger partial charge < -0.3 is 10.6 Å². The second kappa shape index (κ2) is 11.9. The van der Waals surface area contributed by atoms with Gasteiger partial charge in [-0.3, -0.25) is 14.3 Å². The molecule has 4 rings (SSSR count). The summed E-state index contributed by atoms with van der Waals surface area (Å²) in [6.07, 6.45) is 2.07. The molecule has 39 heavy (non-hydrogen) atoms. The van der Waals surface area contributed by atoms with Gasteiger partial charge in [-0.15, -0.1) is 0 Å². The van der Waals surface area contributed by atoms with Crippen LogP contribution in [0.2, 0.25) is 15.1 Å². The number of amides is 2. The molecule has 0 radical (unpaired) electrons. The molecule has 2 aromatic carbocycles. The molecule has 1 atom stereocenters. The van der Waals surface area contributed by atoms with Crippen molar-refractivity contribution in [1.82, 2.24) is 20.4 Å². The third kappa shape index (κ3) is 7.16. The number of hydrogen-bond donors (Lipinski definition) is 2. The maximum absolute atomic E-state index is 13.8. The van der Waals surface area contributed by atoms with Crippen molar-refractivity contribution in [1.29, 1.82) is 0 Å². The molecule has 1 aliphatic rings. The number of nitrogens with one attached hydrogen (secondary N) is 2. The number of alkyl halides is 3. The van der Waals surface area contributed by atoms with E-state index in [0.717, 1.165) is 18.2 Å². The number of aromatic nitrogens is 2. The Hall–Kier alpha value is -2.53. The van der Waals surface area contributed by atoms with E-state index >= 15 is 0 Å². The van der Waals surface area contributed by atoms with Crippen LogP contribution in [0.15, 0.2) is 59.3 Å². The molecule has 0 spiro atoms. The number of carbonyl (C=O) groups is 2. The zero-order valence-corrected chi connectivity index (χ0v) is 23.9. The van der Waals surface area contributed by atoms with Crippen LogP contribution in [0.3, 0.4) is 0 Å². The van der Waals surface area contributed by atoms with Crippen molar-refractivity contribution in [2.75, 3.05) is 6.54 Å². The topological polar surface area (TPSA) is 76.0 Å². The summed E-state index contributed by atoms with van der Waals surface area (Å²) in [7, 11) is 0. The van der Waals surface area contributed by atoms with Gasteiger partial charge in [-0.1, -0.05) is 53.0 Å². The first kappa shape index (κ1) is 29.5. The number of nitrogens with zero attached hydrogens (tertiary/aromatic N) is 2. The second-order valence-corrected chi connectivity index (χ2v) is 11.0. The highest BCUT2D eigenvalue weighted by molar-refractivity contribution is 9.10. The zero-order valence-electron chi connectivity index (χ0n) is 20.0. The lowest BCUT2D eigenvalue weighted by Gasteiger charge is -2.19. The van der Waals surface area contributed by atoms with Crippen molar-refractivity contribution in [2.24, 2.45) is 0 Å². The van der Waals surface area contributed by atoms with E-state index in [1.807, 2.05) is 0 Å². The van der Waals surface area contributed by atoms with E-state index in [-0.39, 0.29) is 32.1 Å². The first-order chi connectivity index (χ1) is 18.4. The standard InChI is InChI=1S/C26H21BrCl3F3N4O2/c27-19-12-15(3-5-18(26(31,32)33)16-13-20(28)22(30)21(29)14-16)2-4-17(19)23(38)36-25(6-7-25)24(39)34-9-11-37-10-1-8-35-37/h1-5,8,10,12-14,18H,6-7,9,11H2,(H,34,39)(H,36,38)/b5-3+. The molecule has 1 fully saturated rings. The van der Waals surface area contributed by atoms with Crippen LogP contribution in [0, 0.1) is 0 Å². The van der Waals surface area contributed by atoms with E-state index in [0.29, 0.717) is 36.0 Å². The van der Waals surface area contributed by atoms with Crippen molar-refractivity contribution in [3.05, 3.63) is 91.1 Å². The molecule has 2 N–H and O–H groups in total. The van der Waals surface area contributed by atoms with Crippen molar-refractivity contribution >= 4 is 68.6 Å². The van der Waals surface area contributed by atoms with Crippen LogP contribution >= 0.6 is 50.7 Å². The van der Waals surface area contributed by atoms with E-state index in [1.54, 1.807) is 23.1 Å². The number of halogens is 7. The summed E-state index contributed by atoms with van der Waals surface area (Å²) in [6, 6.07) is 8.54. The van der Waals surface area contributed by atoms with Crippen LogP contribution in [-0.4, -0.2) is 39.9 Å². The van der Waals surface area contributed by atoms with Gasteiger partial charge in [0, 0.05) is 23.4 Å². The van der Waals surface area contributed by atoms with Gasteiger partial charge in [-0.2, -0.15) is 18.3 Å². The minimum absolute atomic E-state index is 0.0236. The second-order valence-electron chi connectivity index (χ2n) is 8.98. The lowest BCUT2D eigenvalue weighted by molar-refractivity contribution is -0.139. The molecule has 0 bridgehead atoms. The molecule has 1 aromatic heterocycles. The lowest BCUT2D eigenvalue weighted by atomic mass is 9.97. The van der Waals surface area contributed by atoms with Gasteiger partial charge in [-0.25, -0.2) is 0 Å². The Bertz CT molecular complexity index is 1390. The monoisotopic (exact) mass is 662 g/mol. The van der Waals surface area contributed by atoms with Crippen LogP contribution in [0.25, 0.3) is 6.08 Å². The van der Waals surface area contributed by atoms with Crippen molar-refractivity contribution in [3.63, 3.8) is 0 Å². The summed E-state index contributed by atoms with van der Waals surface area (Å²) < 4.78 is 43.5. The molecule has 1 unspecified atom stereocenters. The van der Waals surface area contributed by atoms with Crippen LogP contribution < -0.4 is 10.6 Å². The summed E-state index contributed by atoms with van der Waals surface area (Å²) in [5, 5.41) is 9.48. The molecule has 13 heteroatoms. The Balaban J connectivity index is 1.43. The number of rotatable bonds is 9. The van der Waals surface area contributed by atoms with Gasteiger partial charge in [-0.05, 0) is 70.2 Å². The van der Waals surface area contributed by atoms with Gasteiger partial charge in [0.2, 0.25) is 5.91 Å². The minimum atomic E-state index is -4.62. The quantitative estimate of drug-likeness (QED) is 0.241. The number of allylic oxidation sites excluding steroid dienone is 1. The van der Waals surface area contributed by atoms with Crippen LogP contribution in [-0.2, 0) is 11.3 Å². The zero-order chi connectivity index (χ0) is 28.4. The predicted molar refractivity (Wildman–Crippen MR) is 148 cm³/mol. The molecular weight excluding hydrogens is 644 g/mol. The largest absolute Gasteiger partial charge is 0.399 e. The third-order valence-corrected chi connectivity index (χ3v) is 8.01. The van der Waals surface area contributed by atoms with Crippen LogP contribution in [0.5, 0.6) is 0 Å². The van der Waals surface area contributed by atoms with Crippen LogP contribution in [0.1, 0.15) is 40.2 Å². The molecule has 1 aliphatic carbocycles. The van der Waals surface area contributed by atoms with Gasteiger partial charge in [0.15, 0.2) is 0 Å². The summed E-state index contributed by atoms with van der Waals surface area (Å²) in [6.45, 7) is 0.854. The Morgan fingerprint density at radius 2 is 1.85 bits per heavy atom. The molecule has 0 aliphatic heterocycles. The van der Waals surface area contributed by atoms with E-state index in [4.69, 9.17) is 34.8 Å². The fraction of sp³-hybridized carbons (Fsp3) is 0.269. The van der Waals surface area contributed by atoms with Crippen molar-refractivity contribution in [2.45, 2.75) is 37.0 Å². The van der Waals surface area contributed by atoms with Gasteiger partial charge in [0.05, 0.1) is 33.1 Å². The average Bonchev–Trinajstić information content (AvgIpc) is 3.45. The van der Waals surface area contributed by atoms with Crippen molar-refractivity contribution in [3.8, 4) is 0 Å². The third-order valence-electron chi connectivity index (χ3n) is 6.16. The molecule has 0 saturated heterocycles. The van der Waals surface area contributed by atoms with Gasteiger partial charge in [0.1, 0.15) is 5.54 Å². The molecule has 1 saturated carbocycles. The van der Waals surface area contributed by atoms with Crippen molar-refractivity contribution < 1.29 is 22.8 Å². The summed E-state index contributed by atoms with van der Waals surface area (Å²) in [5.41, 5.74) is -0.492. The summed E-state index contributed by atoms with van der Waals surface area (Å²) in [5.74, 6) is -2.75. The highest BCUT2D eigenvalue weighted by atomic mass is 79.9. The normalized spacial score (nSPS) is 15.3. The fourth-order valence-corrected chi connectivity index (χ4v) is 5.08. The van der Waals surface area contributed by atoms with E-state index in [2.05, 4.69) is 31.7 Å². The number of carbonyl (C=O) groups excluding carboxylic acids is 2. The van der Waals surface area contributed by atoms with Gasteiger partial charge >= 0.3 is 6.18 Å². The summed E-state index contributed by atoms with van der Waals surface area (Å²) >= 11 is 21.1. The number of hydrogen-bond acceptors (Lipinski definition) is 3. The Morgan fingerprint density at radius 3 is 2.41 bits per heavy atom. The highest BCUT2D eigenvalue weighted by Gasteiger charge is 2.51. The van der Waals surface area contributed by atoms with E-state index in [9.17, 15) is 22.8 Å². The first-order valence-corrected chi connectivity index (χ1v) is 13.6. The van der Waals surface area contributed by atoms with Gasteiger partial charge in [0.25, 0.3) is 5.91 Å². The predicted octanol–water partition coefficient (Wildman–Crippen LogP) is 7.04. The average molecular weight is 665 g/mol. The first-order valence-electron chi connectivity index (χ1n) is 11.7. The maximum Gasteiger partial charge on any atom is 0.399 e. The summed E-state index contributed by atoms with van der Waals surface area (Å²) in [4.78, 5) is 25.6. The van der Waals surface area contributed by atoms with E-state index in [1.165, 1.54) is 24.3 Å². The fourth-order valence-electron chi connectivity index (χ4n) is 3.89. The lowest BCUT2D eigenvalue weighted by Crippen LogP contribution is -2.49. The number of benzene rings is 2. The molecule has 1 heterocycles. The molecule has 3 aromatic rings. The SMILES string of the molecule is O=C(NC1(C(=O)NCCn2cccn2)CC1)c1ccc(/C=C/C(c2cc(Cl)c(Cl)c(Cl)c2)C(F)(F)F)cc1Br. The molecule has 2 amide bonds. The Kier molecular flexibility index (Phi) is 9.00. The minimum Gasteiger partial charge on any atom is -0.352 e. The molecular formula is C26H21BrCl3F3N4O2. The van der Waals surface area contributed by atoms with Crippen LogP contribution in [0.4, 0.5) is 13.2 Å². The molecule has 206 valence electrons. The molecule has 6 nitrogen and oxygen atoms in total. The highest BCUT2D eigenvalue weighted by Crippen LogP contribution is 2.41.